The van der Waals surface area contributed by atoms with E-state index >= 15 is 0 Å². The summed E-state index contributed by atoms with van der Waals surface area (Å²) in [6.07, 6.45) is -0.998. The molecule has 0 saturated heterocycles. The molecule has 1 aliphatic carbocycles. The van der Waals surface area contributed by atoms with Gasteiger partial charge in [0.25, 0.3) is 0 Å². The standard InChI is InChI=1S/C14H13F3N4O/c15-14(16,17)13-20-6-11(12(18)21-13)22-7-8-5-9(8)10-3-1-2-4-19-10/h1-4,6,8-9H,5,7H2,(H2,18,20,21). The van der Waals surface area contributed by atoms with Gasteiger partial charge < -0.3 is 10.5 Å². The Labute approximate surface area is 124 Å². The predicted molar refractivity (Wildman–Crippen MR) is 72.0 cm³/mol. The highest BCUT2D eigenvalue weighted by atomic mass is 19.4. The number of nitrogen functional groups attached to an aromatic ring is 1. The minimum atomic E-state index is -4.62. The summed E-state index contributed by atoms with van der Waals surface area (Å²) >= 11 is 0. The minimum absolute atomic E-state index is 0.0691. The molecule has 2 unspecified atom stereocenters. The molecule has 2 N–H and O–H groups in total. The second kappa shape index (κ2) is 5.43. The number of rotatable bonds is 4. The van der Waals surface area contributed by atoms with Crippen molar-refractivity contribution in [3.63, 3.8) is 0 Å². The van der Waals surface area contributed by atoms with Crippen molar-refractivity contribution < 1.29 is 17.9 Å². The highest BCUT2D eigenvalue weighted by molar-refractivity contribution is 5.44. The Morgan fingerprint density at radius 3 is 2.73 bits per heavy atom. The normalized spacial score (nSPS) is 20.7. The molecule has 0 aromatic carbocycles. The van der Waals surface area contributed by atoms with Crippen LogP contribution in [0.25, 0.3) is 0 Å². The number of aromatic nitrogens is 3. The van der Waals surface area contributed by atoms with E-state index in [2.05, 4.69) is 15.0 Å². The Morgan fingerprint density at radius 1 is 1.27 bits per heavy atom. The lowest BCUT2D eigenvalue weighted by Gasteiger charge is -2.10. The topological polar surface area (TPSA) is 73.9 Å². The van der Waals surface area contributed by atoms with Gasteiger partial charge in [0, 0.05) is 23.7 Å². The van der Waals surface area contributed by atoms with E-state index in [4.69, 9.17) is 10.5 Å². The minimum Gasteiger partial charge on any atom is -0.488 e. The molecule has 1 saturated carbocycles. The van der Waals surface area contributed by atoms with E-state index in [1.165, 1.54) is 0 Å². The van der Waals surface area contributed by atoms with Gasteiger partial charge in [-0.05, 0) is 18.6 Å². The van der Waals surface area contributed by atoms with Gasteiger partial charge in [-0.2, -0.15) is 13.2 Å². The molecule has 5 nitrogen and oxygen atoms in total. The van der Waals surface area contributed by atoms with Gasteiger partial charge in [-0.15, -0.1) is 0 Å². The van der Waals surface area contributed by atoms with Crippen LogP contribution < -0.4 is 10.5 Å². The fraction of sp³-hybridized carbons (Fsp3) is 0.357. The smallest absolute Gasteiger partial charge is 0.451 e. The van der Waals surface area contributed by atoms with Crippen molar-refractivity contribution in [1.82, 2.24) is 15.0 Å². The zero-order valence-electron chi connectivity index (χ0n) is 11.4. The van der Waals surface area contributed by atoms with Gasteiger partial charge in [-0.3, -0.25) is 4.98 Å². The predicted octanol–water partition coefficient (Wildman–Crippen LogP) is 2.66. The second-order valence-corrected chi connectivity index (χ2v) is 5.11. The van der Waals surface area contributed by atoms with Crippen molar-refractivity contribution in [2.24, 2.45) is 5.92 Å². The molecular formula is C14H13F3N4O. The molecule has 116 valence electrons. The SMILES string of the molecule is Nc1nc(C(F)(F)F)ncc1OCC1CC1c1ccccn1. The highest BCUT2D eigenvalue weighted by Gasteiger charge is 2.40. The first-order valence-electron chi connectivity index (χ1n) is 6.68. The monoisotopic (exact) mass is 310 g/mol. The van der Waals surface area contributed by atoms with Crippen molar-refractivity contribution in [3.05, 3.63) is 42.1 Å². The largest absolute Gasteiger partial charge is 0.488 e. The van der Waals surface area contributed by atoms with Crippen LogP contribution in [0.5, 0.6) is 5.75 Å². The van der Waals surface area contributed by atoms with Crippen molar-refractivity contribution in [2.45, 2.75) is 18.5 Å². The molecule has 22 heavy (non-hydrogen) atoms. The average molecular weight is 310 g/mol. The Kier molecular flexibility index (Phi) is 3.59. The number of nitrogens with zero attached hydrogens (tertiary/aromatic N) is 3. The van der Waals surface area contributed by atoms with E-state index in [0.717, 1.165) is 18.3 Å². The molecule has 0 aliphatic heterocycles. The molecule has 8 heteroatoms. The lowest BCUT2D eigenvalue weighted by Crippen LogP contribution is -2.13. The first-order chi connectivity index (χ1) is 10.4. The van der Waals surface area contributed by atoms with Gasteiger partial charge >= 0.3 is 6.18 Å². The number of halogens is 3. The highest BCUT2D eigenvalue weighted by Crippen LogP contribution is 2.46. The van der Waals surface area contributed by atoms with Gasteiger partial charge in [0.05, 0.1) is 12.8 Å². The molecule has 0 radical (unpaired) electrons. The lowest BCUT2D eigenvalue weighted by molar-refractivity contribution is -0.144. The maximum Gasteiger partial charge on any atom is 0.451 e. The Morgan fingerprint density at radius 2 is 2.09 bits per heavy atom. The molecule has 3 rings (SSSR count). The van der Waals surface area contributed by atoms with E-state index in [0.29, 0.717) is 12.5 Å². The summed E-state index contributed by atoms with van der Waals surface area (Å²) < 4.78 is 42.7. The number of alkyl halides is 3. The molecule has 0 bridgehead atoms. The molecule has 2 atom stereocenters. The van der Waals surface area contributed by atoms with E-state index in [1.54, 1.807) is 6.20 Å². The van der Waals surface area contributed by atoms with Crippen LogP contribution in [0.4, 0.5) is 19.0 Å². The third kappa shape index (κ3) is 3.10. The van der Waals surface area contributed by atoms with Crippen LogP contribution >= 0.6 is 0 Å². The summed E-state index contributed by atoms with van der Waals surface area (Å²) in [6, 6.07) is 5.71. The number of anilines is 1. The fourth-order valence-corrected chi connectivity index (χ4v) is 2.22. The maximum atomic E-state index is 12.4. The van der Waals surface area contributed by atoms with Crippen molar-refractivity contribution in [1.29, 1.82) is 0 Å². The molecule has 2 heterocycles. The van der Waals surface area contributed by atoms with Gasteiger partial charge in [-0.25, -0.2) is 9.97 Å². The molecule has 1 fully saturated rings. The molecule has 2 aromatic rings. The zero-order valence-corrected chi connectivity index (χ0v) is 11.4. The summed E-state index contributed by atoms with van der Waals surface area (Å²) in [5.41, 5.74) is 6.48. The summed E-state index contributed by atoms with van der Waals surface area (Å²) in [7, 11) is 0. The van der Waals surface area contributed by atoms with Gasteiger partial charge in [-0.1, -0.05) is 6.07 Å². The Balaban J connectivity index is 1.59. The molecular weight excluding hydrogens is 297 g/mol. The van der Waals surface area contributed by atoms with E-state index in [-0.39, 0.29) is 17.5 Å². The first-order valence-corrected chi connectivity index (χ1v) is 6.68. The van der Waals surface area contributed by atoms with E-state index in [1.807, 2.05) is 18.2 Å². The Bertz CT molecular complexity index is 663. The van der Waals surface area contributed by atoms with Crippen molar-refractivity contribution in [3.8, 4) is 5.75 Å². The maximum absolute atomic E-state index is 12.4. The number of pyridine rings is 1. The van der Waals surface area contributed by atoms with Crippen LogP contribution in [0.2, 0.25) is 0 Å². The zero-order chi connectivity index (χ0) is 15.7. The summed E-state index contributed by atoms with van der Waals surface area (Å²) in [5.74, 6) is -0.915. The molecule has 2 aromatic heterocycles. The van der Waals surface area contributed by atoms with Crippen molar-refractivity contribution >= 4 is 5.82 Å². The van der Waals surface area contributed by atoms with Crippen LogP contribution in [-0.4, -0.2) is 21.6 Å². The fourth-order valence-electron chi connectivity index (χ4n) is 2.22. The average Bonchev–Trinajstić information content (AvgIpc) is 3.25. The quantitative estimate of drug-likeness (QED) is 0.939. The molecule has 1 aliphatic rings. The van der Waals surface area contributed by atoms with Crippen molar-refractivity contribution in [2.75, 3.05) is 12.3 Å². The molecule has 0 amide bonds. The van der Waals surface area contributed by atoms with Crippen LogP contribution in [-0.2, 0) is 6.18 Å². The van der Waals surface area contributed by atoms with E-state index in [9.17, 15) is 13.2 Å². The number of ether oxygens (including phenoxy) is 1. The van der Waals surface area contributed by atoms with Crippen LogP contribution in [0.3, 0.4) is 0 Å². The van der Waals surface area contributed by atoms with Crippen LogP contribution in [0.1, 0.15) is 23.9 Å². The van der Waals surface area contributed by atoms with E-state index < -0.39 is 12.0 Å². The van der Waals surface area contributed by atoms with Crippen LogP contribution in [0, 0.1) is 5.92 Å². The lowest BCUT2D eigenvalue weighted by atomic mass is 10.2. The van der Waals surface area contributed by atoms with Crippen LogP contribution in [0.15, 0.2) is 30.6 Å². The molecule has 0 spiro atoms. The number of hydrogen-bond donors (Lipinski definition) is 1. The summed E-state index contributed by atoms with van der Waals surface area (Å²) in [5, 5.41) is 0. The Hall–Kier alpha value is -2.38. The summed E-state index contributed by atoms with van der Waals surface area (Å²) in [4.78, 5) is 10.7. The van der Waals surface area contributed by atoms with Gasteiger partial charge in [0.15, 0.2) is 11.6 Å². The first kappa shape index (κ1) is 14.6. The third-order valence-corrected chi connectivity index (χ3v) is 3.48. The van der Waals surface area contributed by atoms with Gasteiger partial charge in [0.1, 0.15) is 0 Å². The summed E-state index contributed by atoms with van der Waals surface area (Å²) in [6.45, 7) is 0.347. The third-order valence-electron chi connectivity index (χ3n) is 3.48. The number of hydrogen-bond acceptors (Lipinski definition) is 5. The van der Waals surface area contributed by atoms with Gasteiger partial charge in [0.2, 0.25) is 5.82 Å². The second-order valence-electron chi connectivity index (χ2n) is 5.11. The number of nitrogens with two attached hydrogens (primary N) is 1.